The van der Waals surface area contributed by atoms with Crippen molar-refractivity contribution in [2.75, 3.05) is 6.61 Å². The molecule has 2 atom stereocenters. The van der Waals surface area contributed by atoms with Crippen LogP contribution in [-0.4, -0.2) is 39.6 Å². The molecular weight excluding hydrogens is 561 g/mol. The van der Waals surface area contributed by atoms with E-state index in [4.69, 9.17) is 9.79 Å². The third-order valence-electron chi connectivity index (χ3n) is 8.25. The lowest BCUT2D eigenvalue weighted by Crippen LogP contribution is -2.45. The van der Waals surface area contributed by atoms with Gasteiger partial charge in [-0.3, -0.25) is 9.32 Å². The van der Waals surface area contributed by atoms with Gasteiger partial charge in [0.05, 0.1) is 18.8 Å². The Labute approximate surface area is 265 Å². The molecule has 7 nitrogen and oxygen atoms in total. The second-order valence-electron chi connectivity index (χ2n) is 12.5. The van der Waals surface area contributed by atoms with Crippen LogP contribution in [0.3, 0.4) is 0 Å². The van der Waals surface area contributed by atoms with Crippen LogP contribution < -0.4 is 5.32 Å². The van der Waals surface area contributed by atoms with Gasteiger partial charge in [0, 0.05) is 6.42 Å². The fourth-order valence-electron chi connectivity index (χ4n) is 5.46. The molecule has 0 aromatic heterocycles. The third-order valence-corrected chi connectivity index (χ3v) is 8.73. The molecule has 0 aromatic rings. The van der Waals surface area contributed by atoms with Gasteiger partial charge in [-0.05, 0) is 19.3 Å². The van der Waals surface area contributed by atoms with Crippen molar-refractivity contribution in [2.45, 2.75) is 199 Å². The smallest absolute Gasteiger partial charge is 0.387 e. The molecule has 0 aliphatic rings. The van der Waals surface area contributed by atoms with Crippen molar-refractivity contribution in [2.24, 2.45) is 0 Å². The summed E-state index contributed by atoms with van der Waals surface area (Å²) in [6.07, 6.45) is 35.2. The average Bonchev–Trinajstić information content (AvgIpc) is 2.97. The topological polar surface area (TPSA) is 116 Å². The lowest BCUT2D eigenvalue weighted by Gasteiger charge is -2.22. The Morgan fingerprint density at radius 2 is 1.02 bits per heavy atom. The molecule has 1 amide bonds. The zero-order valence-corrected chi connectivity index (χ0v) is 29.0. The van der Waals surface area contributed by atoms with Crippen molar-refractivity contribution in [1.82, 2.24) is 5.32 Å². The van der Waals surface area contributed by atoms with Crippen molar-refractivity contribution in [3.05, 3.63) is 12.2 Å². The summed E-state index contributed by atoms with van der Waals surface area (Å²) >= 11 is 0. The van der Waals surface area contributed by atoms with Crippen molar-refractivity contribution in [3.63, 3.8) is 0 Å². The normalized spacial score (nSPS) is 13.5. The molecule has 8 heteroatoms. The zero-order chi connectivity index (χ0) is 31.9. The number of carbonyl (C=O) groups is 1. The number of aliphatic hydroxyl groups excluding tert-OH is 1. The molecule has 0 saturated carbocycles. The predicted octanol–water partition coefficient (Wildman–Crippen LogP) is 10.1. The van der Waals surface area contributed by atoms with Crippen LogP contribution in [0.4, 0.5) is 0 Å². The number of phosphoric ester groups is 1. The summed E-state index contributed by atoms with van der Waals surface area (Å²) in [6.45, 7) is 4.04. The number of aliphatic hydroxyl groups is 1. The van der Waals surface area contributed by atoms with Crippen LogP contribution >= 0.6 is 7.82 Å². The number of hydrogen-bond acceptors (Lipinski definition) is 4. The van der Waals surface area contributed by atoms with Gasteiger partial charge in [-0.1, -0.05) is 174 Å². The van der Waals surface area contributed by atoms with Crippen LogP contribution in [0.15, 0.2) is 12.2 Å². The number of amides is 1. The Kier molecular flexibility index (Phi) is 30.7. The Bertz CT molecular complexity index is 683. The number of nitrogens with one attached hydrogen (secondary N) is 1. The minimum atomic E-state index is -4.70. The maximum absolute atomic E-state index is 12.5. The molecule has 0 bridgehead atoms. The monoisotopic (exact) mass is 631 g/mol. The Balaban J connectivity index is 3.97. The molecule has 0 aromatic carbocycles. The van der Waals surface area contributed by atoms with Crippen LogP contribution in [0.1, 0.15) is 187 Å². The molecule has 0 radical (unpaired) electrons. The van der Waals surface area contributed by atoms with Crippen LogP contribution in [0.5, 0.6) is 0 Å². The van der Waals surface area contributed by atoms with Crippen LogP contribution in [-0.2, 0) is 13.9 Å². The van der Waals surface area contributed by atoms with Gasteiger partial charge in [0.2, 0.25) is 5.91 Å². The van der Waals surface area contributed by atoms with E-state index in [0.29, 0.717) is 6.42 Å². The summed E-state index contributed by atoms with van der Waals surface area (Å²) in [5, 5.41) is 13.3. The van der Waals surface area contributed by atoms with E-state index in [1.165, 1.54) is 128 Å². The van der Waals surface area contributed by atoms with Gasteiger partial charge in [0.25, 0.3) is 0 Å². The maximum atomic E-state index is 12.5. The summed E-state index contributed by atoms with van der Waals surface area (Å²) in [7, 11) is -4.70. The molecule has 43 heavy (non-hydrogen) atoms. The quantitative estimate of drug-likeness (QED) is 0.0325. The van der Waals surface area contributed by atoms with Gasteiger partial charge in [0.1, 0.15) is 0 Å². The van der Waals surface area contributed by atoms with Gasteiger partial charge in [-0.25, -0.2) is 4.57 Å². The summed E-state index contributed by atoms with van der Waals surface area (Å²) in [5.74, 6) is -0.226. The lowest BCUT2D eigenvalue weighted by molar-refractivity contribution is -0.123. The number of rotatable bonds is 33. The van der Waals surface area contributed by atoms with Gasteiger partial charge in [0.15, 0.2) is 0 Å². The van der Waals surface area contributed by atoms with E-state index in [0.717, 1.165) is 38.5 Å². The molecule has 256 valence electrons. The molecular formula is C35H70NO6P. The van der Waals surface area contributed by atoms with Crippen LogP contribution in [0, 0.1) is 0 Å². The number of hydrogen-bond donors (Lipinski definition) is 4. The van der Waals surface area contributed by atoms with E-state index < -0.39 is 26.6 Å². The van der Waals surface area contributed by atoms with E-state index in [1.54, 1.807) is 6.08 Å². The summed E-state index contributed by atoms with van der Waals surface area (Å²) in [6, 6.07) is -0.902. The molecule has 0 unspecified atom stereocenters. The lowest BCUT2D eigenvalue weighted by atomic mass is 10.0. The summed E-state index contributed by atoms with van der Waals surface area (Å²) in [5.41, 5.74) is 0. The number of unbranched alkanes of at least 4 members (excludes halogenated alkanes) is 24. The highest BCUT2D eigenvalue weighted by molar-refractivity contribution is 7.46. The minimum absolute atomic E-state index is 0.226. The second kappa shape index (κ2) is 31.3. The number of allylic oxidation sites excluding steroid dienone is 1. The summed E-state index contributed by atoms with van der Waals surface area (Å²) < 4.78 is 15.8. The van der Waals surface area contributed by atoms with Gasteiger partial charge < -0.3 is 20.2 Å². The maximum Gasteiger partial charge on any atom is 0.469 e. The van der Waals surface area contributed by atoms with Gasteiger partial charge >= 0.3 is 7.82 Å². The first-order valence-electron chi connectivity index (χ1n) is 18.1. The first kappa shape index (κ1) is 42.3. The first-order valence-corrected chi connectivity index (χ1v) is 19.7. The van der Waals surface area contributed by atoms with Crippen molar-refractivity contribution >= 4 is 13.7 Å². The number of carbonyl (C=O) groups excluding carboxylic acids is 1. The molecule has 0 saturated heterocycles. The molecule has 4 N–H and O–H groups in total. The first-order chi connectivity index (χ1) is 20.8. The van der Waals surface area contributed by atoms with E-state index in [2.05, 4.69) is 23.7 Å². The van der Waals surface area contributed by atoms with E-state index in [9.17, 15) is 14.5 Å². The standard InChI is InChI=1S/C35H70NO6P/c1-3-5-7-9-11-13-15-16-17-18-19-20-21-23-25-27-29-31-35(38)36-33(32-42-43(39,40)41)34(37)30-28-26-24-22-14-12-10-8-6-4-2/h28,30,33-34,37H,3-27,29,31-32H2,1-2H3,(H,36,38)(H2,39,40,41)/b30-28+/t33-,34+/m0/s1. The van der Waals surface area contributed by atoms with Crippen LogP contribution in [0.2, 0.25) is 0 Å². The largest absolute Gasteiger partial charge is 0.469 e. The molecule has 0 aliphatic heterocycles. The van der Waals surface area contributed by atoms with E-state index in [1.807, 2.05) is 6.08 Å². The predicted molar refractivity (Wildman–Crippen MR) is 181 cm³/mol. The van der Waals surface area contributed by atoms with Crippen molar-refractivity contribution < 1.29 is 28.8 Å². The molecule has 0 rings (SSSR count). The zero-order valence-electron chi connectivity index (χ0n) is 28.1. The number of phosphoric acid groups is 1. The highest BCUT2D eigenvalue weighted by Crippen LogP contribution is 2.35. The fraction of sp³-hybridized carbons (Fsp3) is 0.914. The fourth-order valence-corrected chi connectivity index (χ4v) is 5.81. The van der Waals surface area contributed by atoms with Gasteiger partial charge in [-0.15, -0.1) is 0 Å². The van der Waals surface area contributed by atoms with Crippen LogP contribution in [0.25, 0.3) is 0 Å². The molecule has 0 aliphatic carbocycles. The Morgan fingerprint density at radius 3 is 1.42 bits per heavy atom. The summed E-state index contributed by atoms with van der Waals surface area (Å²) in [4.78, 5) is 30.7. The van der Waals surface area contributed by atoms with E-state index in [-0.39, 0.29) is 5.91 Å². The van der Waals surface area contributed by atoms with Crippen molar-refractivity contribution in [3.8, 4) is 0 Å². The highest BCUT2D eigenvalue weighted by atomic mass is 31.2. The Hall–Kier alpha value is -0.720. The highest BCUT2D eigenvalue weighted by Gasteiger charge is 2.24. The second-order valence-corrected chi connectivity index (χ2v) is 13.8. The molecule has 0 spiro atoms. The van der Waals surface area contributed by atoms with Crippen molar-refractivity contribution in [1.29, 1.82) is 0 Å². The third kappa shape index (κ3) is 32.5. The molecule has 0 heterocycles. The molecule has 0 fully saturated rings. The average molecular weight is 632 g/mol. The Morgan fingerprint density at radius 1 is 0.651 bits per heavy atom. The van der Waals surface area contributed by atoms with E-state index >= 15 is 0 Å². The van der Waals surface area contributed by atoms with Gasteiger partial charge in [-0.2, -0.15) is 0 Å². The minimum Gasteiger partial charge on any atom is -0.387 e. The SMILES string of the molecule is CCCCCCCCCC/C=C/[C@@H](O)[C@H](COP(=O)(O)O)NC(=O)CCCCCCCCCCCCCCCCCCC.